The average molecular weight is 574 g/mol. The van der Waals surface area contributed by atoms with Gasteiger partial charge in [-0.25, -0.2) is 0 Å². The van der Waals surface area contributed by atoms with E-state index in [0.29, 0.717) is 18.6 Å². The van der Waals surface area contributed by atoms with E-state index in [1.54, 1.807) is 12.1 Å². The summed E-state index contributed by atoms with van der Waals surface area (Å²) in [6.45, 7) is 4.89. The first kappa shape index (κ1) is 31.2. The fourth-order valence-electron chi connectivity index (χ4n) is 5.03. The molecular formula is C32H45BrO4. The van der Waals surface area contributed by atoms with Gasteiger partial charge in [0.2, 0.25) is 0 Å². The van der Waals surface area contributed by atoms with Crippen LogP contribution < -0.4 is 0 Å². The molecule has 37 heavy (non-hydrogen) atoms. The van der Waals surface area contributed by atoms with Gasteiger partial charge in [-0.1, -0.05) is 136 Å². The van der Waals surface area contributed by atoms with Crippen molar-refractivity contribution in [1.82, 2.24) is 0 Å². The Morgan fingerprint density at radius 1 is 0.865 bits per heavy atom. The molecule has 0 fully saturated rings. The van der Waals surface area contributed by atoms with Gasteiger partial charge in [-0.05, 0) is 35.6 Å². The maximum absolute atomic E-state index is 12.8. The van der Waals surface area contributed by atoms with Gasteiger partial charge in [-0.15, -0.1) is 0 Å². The minimum absolute atomic E-state index is 0.125. The van der Waals surface area contributed by atoms with Gasteiger partial charge in [0.1, 0.15) is 11.7 Å². The Balaban J connectivity index is 2.00. The van der Waals surface area contributed by atoms with Crippen LogP contribution in [0, 0.1) is 5.92 Å². The maximum atomic E-state index is 12.8. The highest BCUT2D eigenvalue weighted by Crippen LogP contribution is 2.37. The molecule has 0 saturated heterocycles. The summed E-state index contributed by atoms with van der Waals surface area (Å²) in [7, 11) is 0. The molecule has 0 spiro atoms. The maximum Gasteiger partial charge on any atom is 0.317 e. The molecule has 5 heteroatoms. The molecule has 0 saturated carbocycles. The van der Waals surface area contributed by atoms with Crippen molar-refractivity contribution in [2.45, 2.75) is 109 Å². The van der Waals surface area contributed by atoms with E-state index < -0.39 is 17.5 Å². The predicted molar refractivity (Wildman–Crippen MR) is 155 cm³/mol. The van der Waals surface area contributed by atoms with Crippen molar-refractivity contribution in [2.24, 2.45) is 5.92 Å². The number of aldehydes is 1. The summed E-state index contributed by atoms with van der Waals surface area (Å²) in [5.41, 5.74) is 0.167. The van der Waals surface area contributed by atoms with Crippen LogP contribution in [0.2, 0.25) is 0 Å². The van der Waals surface area contributed by atoms with E-state index in [1.807, 2.05) is 42.5 Å². The summed E-state index contributed by atoms with van der Waals surface area (Å²) in [6, 6.07) is 17.0. The quantitative estimate of drug-likeness (QED) is 0.127. The van der Waals surface area contributed by atoms with Gasteiger partial charge in [-0.2, -0.15) is 0 Å². The molecule has 2 rings (SSSR count). The van der Waals surface area contributed by atoms with E-state index in [0.717, 1.165) is 41.5 Å². The normalized spacial score (nSPS) is 13.8. The molecular weight excluding hydrogens is 528 g/mol. The van der Waals surface area contributed by atoms with Crippen LogP contribution in [-0.4, -0.2) is 23.5 Å². The second-order valence-electron chi connectivity index (χ2n) is 10.6. The number of rotatable bonds is 20. The van der Waals surface area contributed by atoms with Crippen molar-refractivity contribution in [2.75, 3.05) is 0 Å². The molecule has 2 atom stereocenters. The van der Waals surface area contributed by atoms with Crippen LogP contribution >= 0.6 is 15.9 Å². The van der Waals surface area contributed by atoms with Crippen molar-refractivity contribution >= 4 is 28.2 Å². The fraction of sp³-hybridized carbons (Fsp3) is 0.562. The number of hydrogen-bond donors (Lipinski definition) is 1. The van der Waals surface area contributed by atoms with Crippen LogP contribution in [-0.2, 0) is 26.3 Å². The molecule has 0 aliphatic heterocycles. The van der Waals surface area contributed by atoms with Crippen LogP contribution in [0.25, 0.3) is 0 Å². The van der Waals surface area contributed by atoms with E-state index in [1.165, 1.54) is 44.9 Å². The molecule has 4 nitrogen and oxygen atoms in total. The number of hydrogen-bond acceptors (Lipinski definition) is 3. The molecule has 0 heterocycles. The van der Waals surface area contributed by atoms with Crippen LogP contribution in [0.3, 0.4) is 0 Å². The van der Waals surface area contributed by atoms with Crippen molar-refractivity contribution in [1.29, 1.82) is 0 Å². The lowest BCUT2D eigenvalue weighted by Gasteiger charge is -2.36. The largest absolute Gasteiger partial charge is 0.480 e. The van der Waals surface area contributed by atoms with Gasteiger partial charge >= 0.3 is 5.97 Å². The summed E-state index contributed by atoms with van der Waals surface area (Å²) >= 11 is 3.43. The number of carboxylic acids is 1. The minimum Gasteiger partial charge on any atom is -0.480 e. The van der Waals surface area contributed by atoms with Crippen LogP contribution in [0.4, 0.5) is 0 Å². The van der Waals surface area contributed by atoms with Crippen LogP contribution in [0.5, 0.6) is 0 Å². The Morgan fingerprint density at radius 3 is 1.92 bits per heavy atom. The number of aliphatic carboxylic acids is 1. The van der Waals surface area contributed by atoms with E-state index in [9.17, 15) is 14.7 Å². The molecule has 0 aliphatic carbocycles. The van der Waals surface area contributed by atoms with Gasteiger partial charge < -0.3 is 14.6 Å². The van der Waals surface area contributed by atoms with Gasteiger partial charge in [0.05, 0.1) is 12.7 Å². The van der Waals surface area contributed by atoms with E-state index >= 15 is 0 Å². The van der Waals surface area contributed by atoms with Crippen molar-refractivity contribution in [3.05, 3.63) is 70.2 Å². The predicted octanol–water partition coefficient (Wildman–Crippen LogP) is 8.89. The summed E-state index contributed by atoms with van der Waals surface area (Å²) in [5.74, 6) is -0.215. The topological polar surface area (TPSA) is 63.6 Å². The van der Waals surface area contributed by atoms with E-state index in [2.05, 4.69) is 29.8 Å². The highest BCUT2D eigenvalue weighted by molar-refractivity contribution is 9.10. The molecule has 204 valence electrons. The molecule has 0 aromatic heterocycles. The summed E-state index contributed by atoms with van der Waals surface area (Å²) in [6.07, 6.45) is 12.7. The number of unbranched alkanes of at least 4 members (excludes halogenated alkanes) is 8. The standard InChI is InChI=1S/C32H45BrO4/c1-26(2)15-11-8-6-4-3-5-7-9-14-18-30(37-25-27-16-12-10-13-17-27)32(23-24-34,31(35)36)28-19-21-29(33)22-20-28/h10,12-13,16-17,19-22,24,26,30H,3-9,11,14-15,18,23,25H2,1-2H3,(H,35,36)/t30-,32?/m1/s1. The monoisotopic (exact) mass is 572 g/mol. The number of carboxylic acid groups (broad SMARTS) is 1. The average Bonchev–Trinajstić information content (AvgIpc) is 2.88. The third kappa shape index (κ3) is 10.7. The second-order valence-corrected chi connectivity index (χ2v) is 11.5. The van der Waals surface area contributed by atoms with Gasteiger partial charge in [0, 0.05) is 10.9 Å². The second kappa shape index (κ2) is 17.5. The van der Waals surface area contributed by atoms with E-state index in [4.69, 9.17) is 4.74 Å². The fourth-order valence-corrected chi connectivity index (χ4v) is 5.29. The zero-order chi connectivity index (χ0) is 26.9. The first-order valence-electron chi connectivity index (χ1n) is 14.0. The first-order chi connectivity index (χ1) is 17.9. The summed E-state index contributed by atoms with van der Waals surface area (Å²) in [4.78, 5) is 24.6. The van der Waals surface area contributed by atoms with Gasteiger partial charge in [-0.3, -0.25) is 4.79 Å². The Kier molecular flexibility index (Phi) is 14.8. The number of halogens is 1. The van der Waals surface area contributed by atoms with Crippen molar-refractivity contribution in [3.63, 3.8) is 0 Å². The zero-order valence-electron chi connectivity index (χ0n) is 22.7. The Bertz CT molecular complexity index is 897. The molecule has 2 aromatic rings. The Morgan fingerprint density at radius 2 is 1.41 bits per heavy atom. The summed E-state index contributed by atoms with van der Waals surface area (Å²) < 4.78 is 7.20. The lowest BCUT2D eigenvalue weighted by molar-refractivity contribution is -0.154. The molecule has 0 bridgehead atoms. The number of carbonyl (C=O) groups is 2. The number of carbonyl (C=O) groups excluding carboxylic acids is 1. The third-order valence-corrected chi connectivity index (χ3v) is 7.77. The Hall–Kier alpha value is -1.98. The molecule has 1 unspecified atom stereocenters. The summed E-state index contributed by atoms with van der Waals surface area (Å²) in [5, 5.41) is 10.5. The lowest BCUT2D eigenvalue weighted by atomic mass is 9.71. The van der Waals surface area contributed by atoms with Gasteiger partial charge in [0.15, 0.2) is 0 Å². The number of ether oxygens (including phenoxy) is 1. The lowest BCUT2D eigenvalue weighted by Crippen LogP contribution is -2.48. The van der Waals surface area contributed by atoms with Crippen molar-refractivity contribution in [3.8, 4) is 0 Å². The smallest absolute Gasteiger partial charge is 0.317 e. The van der Waals surface area contributed by atoms with Crippen molar-refractivity contribution < 1.29 is 19.4 Å². The van der Waals surface area contributed by atoms with Crippen LogP contribution in [0.15, 0.2) is 59.1 Å². The molecule has 0 aliphatic rings. The molecule has 2 aromatic carbocycles. The third-order valence-electron chi connectivity index (χ3n) is 7.24. The Labute approximate surface area is 232 Å². The highest BCUT2D eigenvalue weighted by Gasteiger charge is 2.48. The minimum atomic E-state index is -1.42. The molecule has 0 radical (unpaired) electrons. The number of benzene rings is 2. The van der Waals surface area contributed by atoms with E-state index in [-0.39, 0.29) is 6.42 Å². The first-order valence-corrected chi connectivity index (χ1v) is 14.8. The van der Waals surface area contributed by atoms with Gasteiger partial charge in [0.25, 0.3) is 0 Å². The zero-order valence-corrected chi connectivity index (χ0v) is 24.3. The molecule has 1 N–H and O–H groups in total. The SMILES string of the molecule is CC(C)CCCCCCCCCCC[C@@H](OCc1ccccc1)C(CC=O)(C(=O)O)c1ccc(Br)cc1. The molecule has 0 amide bonds. The van der Waals surface area contributed by atoms with Crippen LogP contribution in [0.1, 0.15) is 102 Å². The highest BCUT2D eigenvalue weighted by atomic mass is 79.9.